The first-order valence-corrected chi connectivity index (χ1v) is 24.1. The van der Waals surface area contributed by atoms with Gasteiger partial charge in [-0.05, 0) is 112 Å². The molecule has 17 unspecified atom stereocenters. The Morgan fingerprint density at radius 3 is 2.56 bits per heavy atom. The summed E-state index contributed by atoms with van der Waals surface area (Å²) >= 11 is 0. The van der Waals surface area contributed by atoms with Crippen LogP contribution in [0.25, 0.3) is 0 Å². The van der Waals surface area contributed by atoms with Crippen molar-refractivity contribution >= 4 is 17.7 Å². The summed E-state index contributed by atoms with van der Waals surface area (Å²) in [6.45, 7) is 11.9. The lowest BCUT2D eigenvalue weighted by Crippen LogP contribution is -2.77. The summed E-state index contributed by atoms with van der Waals surface area (Å²) in [5.74, 6) is -0.440. The number of epoxide rings is 1. The van der Waals surface area contributed by atoms with Gasteiger partial charge in [-0.15, -0.1) is 0 Å². The predicted molar refractivity (Wildman–Crippen MR) is 222 cm³/mol. The van der Waals surface area contributed by atoms with Gasteiger partial charge in [0.15, 0.2) is 11.9 Å². The van der Waals surface area contributed by atoms with Gasteiger partial charge in [0.2, 0.25) is 0 Å². The molecule has 0 bridgehead atoms. The number of aliphatic hydroxyl groups excluding tert-OH is 3. The monoisotopic (exact) mass is 860 g/mol. The van der Waals surface area contributed by atoms with E-state index in [4.69, 9.17) is 23.4 Å². The molecule has 0 radical (unpaired) electrons. The van der Waals surface area contributed by atoms with Gasteiger partial charge in [0, 0.05) is 40.8 Å². The number of carbonyl (C=O) groups excluding carboxylic acids is 3. The summed E-state index contributed by atoms with van der Waals surface area (Å²) in [6.07, 6.45) is 10.1. The number of Topliss-reactive ketones (excluding diaryl/α,β-unsaturated/α-hetero) is 1. The van der Waals surface area contributed by atoms with E-state index in [-0.39, 0.29) is 42.7 Å². The van der Waals surface area contributed by atoms with Crippen LogP contribution in [-0.2, 0) is 39.8 Å². The summed E-state index contributed by atoms with van der Waals surface area (Å²) in [4.78, 5) is 46.3. The number of nitrogens with one attached hydrogen (secondary N) is 1. The van der Waals surface area contributed by atoms with Gasteiger partial charge in [-0.25, -0.2) is 4.79 Å². The summed E-state index contributed by atoms with van der Waals surface area (Å²) in [5.41, 5.74) is -5.48. The molecular formula is C49H68N2O11. The molecule has 9 fully saturated rings. The van der Waals surface area contributed by atoms with Crippen LogP contribution < -0.4 is 5.32 Å². The average Bonchev–Trinajstić information content (AvgIpc) is 3.69. The molecule has 6 aliphatic heterocycles. The van der Waals surface area contributed by atoms with Crippen LogP contribution in [0.5, 0.6) is 0 Å². The van der Waals surface area contributed by atoms with E-state index in [0.29, 0.717) is 73.6 Å². The number of hydrogen-bond acceptors (Lipinski definition) is 13. The molecular weight excluding hydrogens is 793 g/mol. The zero-order valence-corrected chi connectivity index (χ0v) is 37.2. The van der Waals surface area contributed by atoms with E-state index >= 15 is 4.79 Å². The van der Waals surface area contributed by atoms with E-state index in [2.05, 4.69) is 43.3 Å². The van der Waals surface area contributed by atoms with Crippen molar-refractivity contribution in [1.29, 1.82) is 0 Å². The molecule has 10 aliphatic rings. The first-order chi connectivity index (χ1) is 29.6. The zero-order valence-electron chi connectivity index (χ0n) is 37.2. The number of rotatable bonds is 9. The second kappa shape index (κ2) is 14.1. The third kappa shape index (κ3) is 5.21. The van der Waals surface area contributed by atoms with Crippen LogP contribution >= 0.6 is 0 Å². The summed E-state index contributed by atoms with van der Waals surface area (Å²) in [6, 6.07) is 2.33. The van der Waals surface area contributed by atoms with Crippen molar-refractivity contribution in [2.24, 2.45) is 63.1 Å². The average molecular weight is 861 g/mol. The molecule has 1 aromatic heterocycles. The normalized spacial score (nSPS) is 48.0. The summed E-state index contributed by atoms with van der Waals surface area (Å²) in [7, 11) is 0. The lowest BCUT2D eigenvalue weighted by molar-refractivity contribution is -0.264. The number of furan rings is 1. The molecule has 7 heterocycles. The largest absolute Gasteiger partial charge is 0.469 e. The van der Waals surface area contributed by atoms with Crippen LogP contribution in [0, 0.1) is 63.1 Å². The molecule has 340 valence electrons. The second-order valence-corrected chi connectivity index (χ2v) is 22.7. The maximum Gasteiger partial charge on any atom is 0.339 e. The molecule has 62 heavy (non-hydrogen) atoms. The molecule has 4 N–H and O–H groups in total. The number of carbonyl (C=O) groups is 3. The van der Waals surface area contributed by atoms with Crippen LogP contribution in [-0.4, -0.2) is 106 Å². The molecule has 3 spiro atoms. The topological polar surface area (TPSA) is 181 Å². The van der Waals surface area contributed by atoms with Crippen molar-refractivity contribution in [2.75, 3.05) is 26.4 Å². The van der Waals surface area contributed by atoms with Crippen LogP contribution in [0.3, 0.4) is 0 Å². The number of ketones is 1. The molecule has 11 rings (SSSR count). The minimum absolute atomic E-state index is 0.0268. The molecule has 4 aliphatic carbocycles. The fourth-order valence-electron chi connectivity index (χ4n) is 16.8. The lowest BCUT2D eigenvalue weighted by Gasteiger charge is -2.67. The number of nitrogens with zero attached hydrogens (tertiary/aromatic N) is 1. The van der Waals surface area contributed by atoms with Gasteiger partial charge in [0.05, 0.1) is 48.7 Å². The van der Waals surface area contributed by atoms with Crippen molar-refractivity contribution in [3.63, 3.8) is 0 Å². The Kier molecular flexibility index (Phi) is 9.52. The highest BCUT2D eigenvalue weighted by Crippen LogP contribution is 2.81. The number of hydrogen-bond donors (Lipinski definition) is 4. The Hall–Kier alpha value is -2.81. The molecule has 4 saturated carbocycles. The summed E-state index contributed by atoms with van der Waals surface area (Å²) in [5, 5.41) is 38.3. The molecule has 13 heteroatoms. The highest BCUT2D eigenvalue weighted by Gasteiger charge is 2.92. The molecule has 13 nitrogen and oxygen atoms in total. The number of allylic oxidation sites excluding steroid dienone is 1. The number of fused-ring (bicyclic) bond motifs is 5. The van der Waals surface area contributed by atoms with E-state index in [1.54, 1.807) is 6.26 Å². The first-order valence-electron chi connectivity index (χ1n) is 24.1. The van der Waals surface area contributed by atoms with Gasteiger partial charge in [-0.3, -0.25) is 14.9 Å². The van der Waals surface area contributed by atoms with Crippen LogP contribution in [0.1, 0.15) is 123 Å². The fraction of sp³-hybridized carbons (Fsp3) is 0.816. The molecule has 17 atom stereocenters. The maximum atomic E-state index is 15.4. The Morgan fingerprint density at radius 1 is 1.02 bits per heavy atom. The molecule has 1 aromatic rings. The minimum atomic E-state index is -1.47. The Balaban J connectivity index is 0.954. The first kappa shape index (κ1) is 41.9. The smallest absolute Gasteiger partial charge is 0.339 e. The van der Waals surface area contributed by atoms with Gasteiger partial charge in [-0.2, -0.15) is 0 Å². The Bertz CT molecular complexity index is 2030. The van der Waals surface area contributed by atoms with Crippen molar-refractivity contribution in [2.45, 2.75) is 159 Å². The van der Waals surface area contributed by atoms with Crippen LogP contribution in [0.15, 0.2) is 29.0 Å². The number of ether oxygens (including phenoxy) is 4. The van der Waals surface area contributed by atoms with Crippen molar-refractivity contribution in [3.8, 4) is 0 Å². The van der Waals surface area contributed by atoms with E-state index in [9.17, 15) is 24.9 Å². The SMILES string of the molecule is CC(C)CCC1(C)OC2C3(CCCC3)C(=O)OCC23C1C(=O)C(O)C1(C)C3CCC2(C)C(c3ccoc3CC(C(O)CO)C3CCC4C(C=CN5CNCC45)C3)OC(=O)C3OC321. The van der Waals surface area contributed by atoms with E-state index in [0.717, 1.165) is 51.7 Å². The number of cyclic esters (lactones) is 2. The second-order valence-electron chi connectivity index (χ2n) is 22.7. The molecule has 0 aromatic carbocycles. The van der Waals surface area contributed by atoms with Gasteiger partial charge >= 0.3 is 11.9 Å². The maximum absolute atomic E-state index is 15.4. The third-order valence-electron chi connectivity index (χ3n) is 19.7. The van der Waals surface area contributed by atoms with Crippen LogP contribution in [0.4, 0.5) is 0 Å². The molecule has 0 amide bonds. The van der Waals surface area contributed by atoms with Gasteiger partial charge in [0.1, 0.15) is 30.2 Å². The number of esters is 2. The Labute approximate surface area is 365 Å². The van der Waals surface area contributed by atoms with Crippen molar-refractivity contribution in [3.05, 3.63) is 35.9 Å². The van der Waals surface area contributed by atoms with Gasteiger partial charge in [-0.1, -0.05) is 46.6 Å². The highest BCUT2D eigenvalue weighted by atomic mass is 16.7. The molecule has 5 saturated heterocycles. The lowest BCUT2D eigenvalue weighted by atomic mass is 9.35. The van der Waals surface area contributed by atoms with Gasteiger partial charge < -0.3 is 43.6 Å². The van der Waals surface area contributed by atoms with E-state index < -0.39 is 75.3 Å². The fourth-order valence-corrected chi connectivity index (χ4v) is 16.8. The Morgan fingerprint density at radius 2 is 1.81 bits per heavy atom. The van der Waals surface area contributed by atoms with Crippen molar-refractivity contribution < 1.29 is 53.1 Å². The standard InChI is InChI=1S/C49H68N2O11/c1-26(2)10-17-45(4)37-36(54)38(55)46(5)35(48(37)24-59-43(57)47(42(48)62-45)14-6-7-15-47)11-16-44(3)39(60-41(56)40-49(44,46)61-40)30-13-19-58-34(30)21-31(33(53)23-52)27-8-9-29-28(20-27)12-18-51-25-50-22-32(29)51/h12-13,18-19,26-29,31-33,35,37-40,42,50,52-53,55H,6-11,14-17,20-25H2,1-5H3. The third-order valence-corrected chi connectivity index (χ3v) is 19.7. The zero-order chi connectivity index (χ0) is 43.4. The van der Waals surface area contributed by atoms with E-state index in [1.165, 1.54) is 0 Å². The quantitative estimate of drug-likeness (QED) is 0.193. The minimum Gasteiger partial charge on any atom is -0.469 e. The van der Waals surface area contributed by atoms with Crippen molar-refractivity contribution in [1.82, 2.24) is 10.2 Å². The van der Waals surface area contributed by atoms with Crippen LogP contribution in [0.2, 0.25) is 0 Å². The number of aliphatic hydroxyl groups is 3. The highest BCUT2D eigenvalue weighted by molar-refractivity contribution is 5.92. The predicted octanol–water partition coefficient (Wildman–Crippen LogP) is 5.00. The van der Waals surface area contributed by atoms with E-state index in [1.807, 2.05) is 19.9 Å². The summed E-state index contributed by atoms with van der Waals surface area (Å²) < 4.78 is 33.2. The van der Waals surface area contributed by atoms with Gasteiger partial charge in [0.25, 0.3) is 0 Å².